The lowest BCUT2D eigenvalue weighted by atomic mass is 10.4. The second-order valence-electron chi connectivity index (χ2n) is 3.20. The van der Waals surface area contributed by atoms with Gasteiger partial charge >= 0.3 is 0 Å². The highest BCUT2D eigenvalue weighted by molar-refractivity contribution is 7.98. The highest BCUT2D eigenvalue weighted by Gasteiger charge is 2.05. The number of thioether (sulfide) groups is 1. The summed E-state index contributed by atoms with van der Waals surface area (Å²) in [6, 6.07) is 5.84. The third-order valence-corrected chi connectivity index (χ3v) is 3.26. The van der Waals surface area contributed by atoms with E-state index in [0.717, 1.165) is 27.9 Å². The molecule has 0 spiro atoms. The first-order valence-corrected chi connectivity index (χ1v) is 5.72. The molecule has 4 heteroatoms. The molecule has 0 aliphatic rings. The normalized spacial score (nSPS) is 10.8. The van der Waals surface area contributed by atoms with Gasteiger partial charge in [-0.2, -0.15) is 0 Å². The Hall–Kier alpha value is -1.13. The summed E-state index contributed by atoms with van der Waals surface area (Å²) >= 11 is 1.70. The van der Waals surface area contributed by atoms with Crippen LogP contribution in [-0.2, 0) is 12.3 Å². The standard InChI is InChI=1S/C11H13NO2S/c1-8-11(4-5-13-8)15-7-10-3-2-9(6-12)14-10/h2-5H,6-7,12H2,1H3. The predicted molar refractivity (Wildman–Crippen MR) is 59.6 cm³/mol. The molecule has 0 aliphatic heterocycles. The Morgan fingerprint density at radius 1 is 1.27 bits per heavy atom. The molecule has 0 radical (unpaired) electrons. The van der Waals surface area contributed by atoms with Crippen molar-refractivity contribution in [2.24, 2.45) is 5.73 Å². The Balaban J connectivity index is 1.96. The number of hydrogen-bond donors (Lipinski definition) is 1. The Morgan fingerprint density at radius 3 is 2.67 bits per heavy atom. The van der Waals surface area contributed by atoms with Gasteiger partial charge in [-0.15, -0.1) is 11.8 Å². The van der Waals surface area contributed by atoms with Gasteiger partial charge in [-0.3, -0.25) is 0 Å². The lowest BCUT2D eigenvalue weighted by Gasteiger charge is -1.96. The Kier molecular flexibility index (Phi) is 3.18. The molecule has 0 atom stereocenters. The van der Waals surface area contributed by atoms with E-state index in [1.54, 1.807) is 18.0 Å². The van der Waals surface area contributed by atoms with Crippen molar-refractivity contribution in [3.8, 4) is 0 Å². The van der Waals surface area contributed by atoms with E-state index in [9.17, 15) is 0 Å². The Morgan fingerprint density at radius 2 is 2.07 bits per heavy atom. The van der Waals surface area contributed by atoms with Gasteiger partial charge in [0.1, 0.15) is 17.3 Å². The second-order valence-corrected chi connectivity index (χ2v) is 4.22. The molecule has 0 saturated heterocycles. The van der Waals surface area contributed by atoms with Crippen LogP contribution in [0.15, 0.2) is 38.2 Å². The average Bonchev–Trinajstić information content (AvgIpc) is 2.84. The molecule has 2 aromatic heterocycles. The Bertz CT molecular complexity index is 433. The number of rotatable bonds is 4. The topological polar surface area (TPSA) is 52.3 Å². The smallest absolute Gasteiger partial charge is 0.117 e. The van der Waals surface area contributed by atoms with Gasteiger partial charge in [0.15, 0.2) is 0 Å². The zero-order chi connectivity index (χ0) is 10.7. The highest BCUT2D eigenvalue weighted by atomic mass is 32.2. The first kappa shape index (κ1) is 10.4. The van der Waals surface area contributed by atoms with Gasteiger partial charge in [-0.1, -0.05) is 0 Å². The molecule has 2 N–H and O–H groups in total. The third kappa shape index (κ3) is 2.46. The summed E-state index contributed by atoms with van der Waals surface area (Å²) in [7, 11) is 0. The van der Waals surface area contributed by atoms with Gasteiger partial charge in [-0.25, -0.2) is 0 Å². The zero-order valence-corrected chi connectivity index (χ0v) is 9.34. The van der Waals surface area contributed by atoms with Crippen LogP contribution in [0.25, 0.3) is 0 Å². The summed E-state index contributed by atoms with van der Waals surface area (Å²) in [5.74, 6) is 3.53. The largest absolute Gasteiger partial charge is 0.468 e. The summed E-state index contributed by atoms with van der Waals surface area (Å²) < 4.78 is 10.7. The molecule has 0 saturated carbocycles. The molecule has 2 aromatic rings. The van der Waals surface area contributed by atoms with Gasteiger partial charge in [0.2, 0.25) is 0 Å². The van der Waals surface area contributed by atoms with E-state index in [4.69, 9.17) is 14.6 Å². The van der Waals surface area contributed by atoms with Crippen LogP contribution in [-0.4, -0.2) is 0 Å². The van der Waals surface area contributed by atoms with Crippen molar-refractivity contribution in [2.75, 3.05) is 0 Å². The van der Waals surface area contributed by atoms with Crippen molar-refractivity contribution in [3.05, 3.63) is 41.7 Å². The van der Waals surface area contributed by atoms with E-state index in [-0.39, 0.29) is 0 Å². The number of nitrogens with two attached hydrogens (primary N) is 1. The van der Waals surface area contributed by atoms with Crippen LogP contribution in [0, 0.1) is 6.92 Å². The minimum Gasteiger partial charge on any atom is -0.468 e. The van der Waals surface area contributed by atoms with Crippen molar-refractivity contribution in [1.82, 2.24) is 0 Å². The van der Waals surface area contributed by atoms with Crippen molar-refractivity contribution < 1.29 is 8.83 Å². The fourth-order valence-electron chi connectivity index (χ4n) is 1.28. The van der Waals surface area contributed by atoms with Crippen molar-refractivity contribution in [1.29, 1.82) is 0 Å². The number of aryl methyl sites for hydroxylation is 1. The zero-order valence-electron chi connectivity index (χ0n) is 8.53. The van der Waals surface area contributed by atoms with E-state index in [2.05, 4.69) is 0 Å². The van der Waals surface area contributed by atoms with Crippen LogP contribution in [0.4, 0.5) is 0 Å². The van der Waals surface area contributed by atoms with Crippen molar-refractivity contribution >= 4 is 11.8 Å². The lowest BCUT2D eigenvalue weighted by molar-refractivity contribution is 0.482. The minimum atomic E-state index is 0.454. The molecule has 0 bridgehead atoms. The maximum absolute atomic E-state index is 5.49. The van der Waals surface area contributed by atoms with Gasteiger partial charge in [-0.05, 0) is 25.1 Å². The van der Waals surface area contributed by atoms with E-state index >= 15 is 0 Å². The molecule has 2 heterocycles. The van der Waals surface area contributed by atoms with Gasteiger partial charge in [0.25, 0.3) is 0 Å². The summed E-state index contributed by atoms with van der Waals surface area (Å²) in [4.78, 5) is 1.15. The molecule has 15 heavy (non-hydrogen) atoms. The summed E-state index contributed by atoms with van der Waals surface area (Å²) in [5.41, 5.74) is 5.46. The molecule has 0 aromatic carbocycles. The molecule has 2 rings (SSSR count). The van der Waals surface area contributed by atoms with Gasteiger partial charge < -0.3 is 14.6 Å². The highest BCUT2D eigenvalue weighted by Crippen LogP contribution is 2.27. The molecule has 0 aliphatic carbocycles. The van der Waals surface area contributed by atoms with Gasteiger partial charge in [0, 0.05) is 4.90 Å². The first-order chi connectivity index (χ1) is 7.29. The Labute approximate surface area is 92.6 Å². The van der Waals surface area contributed by atoms with Crippen LogP contribution in [0.5, 0.6) is 0 Å². The van der Waals surface area contributed by atoms with Gasteiger partial charge in [0.05, 0.1) is 18.6 Å². The fraction of sp³-hybridized carbons (Fsp3) is 0.273. The molecule has 0 amide bonds. The van der Waals surface area contributed by atoms with Crippen molar-refractivity contribution in [2.45, 2.75) is 24.1 Å². The SMILES string of the molecule is Cc1occc1SCc1ccc(CN)o1. The fourth-order valence-corrected chi connectivity index (χ4v) is 2.14. The quantitative estimate of drug-likeness (QED) is 0.810. The molecule has 3 nitrogen and oxygen atoms in total. The predicted octanol–water partition coefficient (Wildman–Crippen LogP) is 2.93. The summed E-state index contributed by atoms with van der Waals surface area (Å²) in [5, 5.41) is 0. The van der Waals surface area contributed by atoms with E-state index in [0.29, 0.717) is 6.54 Å². The van der Waals surface area contributed by atoms with Crippen LogP contribution in [0.3, 0.4) is 0 Å². The number of furan rings is 2. The number of hydrogen-bond acceptors (Lipinski definition) is 4. The maximum Gasteiger partial charge on any atom is 0.117 e. The van der Waals surface area contributed by atoms with E-state index in [1.807, 2.05) is 25.1 Å². The van der Waals surface area contributed by atoms with Crippen LogP contribution < -0.4 is 5.73 Å². The second kappa shape index (κ2) is 4.59. The summed E-state index contributed by atoms with van der Waals surface area (Å²) in [6.45, 7) is 2.41. The minimum absolute atomic E-state index is 0.454. The van der Waals surface area contributed by atoms with E-state index < -0.39 is 0 Å². The molecule has 80 valence electrons. The van der Waals surface area contributed by atoms with E-state index in [1.165, 1.54) is 0 Å². The molecular formula is C11H13NO2S. The summed E-state index contributed by atoms with van der Waals surface area (Å²) in [6.07, 6.45) is 1.70. The van der Waals surface area contributed by atoms with Crippen LogP contribution in [0.2, 0.25) is 0 Å². The lowest BCUT2D eigenvalue weighted by Crippen LogP contribution is -1.92. The van der Waals surface area contributed by atoms with Crippen LogP contribution >= 0.6 is 11.8 Å². The average molecular weight is 223 g/mol. The molecular weight excluding hydrogens is 210 g/mol. The maximum atomic E-state index is 5.49. The molecule has 0 unspecified atom stereocenters. The molecule has 0 fully saturated rings. The first-order valence-electron chi connectivity index (χ1n) is 4.74. The van der Waals surface area contributed by atoms with Crippen LogP contribution in [0.1, 0.15) is 17.3 Å². The third-order valence-electron chi connectivity index (χ3n) is 2.10. The van der Waals surface area contributed by atoms with Crippen molar-refractivity contribution in [3.63, 3.8) is 0 Å². The monoisotopic (exact) mass is 223 g/mol.